The molecular formula is C18H26Cl2FN5O2. The third kappa shape index (κ3) is 4.68. The van der Waals surface area contributed by atoms with E-state index in [2.05, 4.69) is 15.5 Å². The fourth-order valence-corrected chi connectivity index (χ4v) is 3.62. The van der Waals surface area contributed by atoms with Crippen molar-refractivity contribution in [2.75, 3.05) is 44.3 Å². The first-order chi connectivity index (χ1) is 12.6. The number of amides is 1. The topological polar surface area (TPSA) is 71.4 Å². The predicted molar refractivity (Wildman–Crippen MR) is 112 cm³/mol. The Balaban J connectivity index is 0.00000140. The number of carbonyl (C=O) groups excluding carboxylic acids is 1. The molecule has 156 valence electrons. The Kier molecular flexibility index (Phi) is 7.88. The van der Waals surface area contributed by atoms with E-state index in [0.717, 1.165) is 30.1 Å². The van der Waals surface area contributed by atoms with Gasteiger partial charge in [-0.2, -0.15) is 0 Å². The first-order valence-electron chi connectivity index (χ1n) is 9.06. The molecule has 3 heterocycles. The Morgan fingerprint density at radius 1 is 1.36 bits per heavy atom. The quantitative estimate of drug-likeness (QED) is 0.767. The fourth-order valence-electron chi connectivity index (χ4n) is 3.62. The number of halogens is 3. The molecule has 0 spiro atoms. The molecule has 1 aromatic heterocycles. The van der Waals surface area contributed by atoms with Crippen LogP contribution in [-0.4, -0.2) is 67.1 Å². The van der Waals surface area contributed by atoms with Crippen LogP contribution in [0.3, 0.4) is 0 Å². The van der Waals surface area contributed by atoms with Gasteiger partial charge in [0.25, 0.3) is 5.91 Å². The molecule has 4 rings (SSSR count). The van der Waals surface area contributed by atoms with Gasteiger partial charge >= 0.3 is 0 Å². The van der Waals surface area contributed by atoms with Crippen molar-refractivity contribution >= 4 is 47.7 Å². The maximum atomic E-state index is 13.2. The summed E-state index contributed by atoms with van der Waals surface area (Å²) in [6, 6.07) is 5.55. The van der Waals surface area contributed by atoms with Crippen LogP contribution in [0.15, 0.2) is 18.2 Å². The lowest BCUT2D eigenvalue weighted by Crippen LogP contribution is -2.37. The van der Waals surface area contributed by atoms with Crippen molar-refractivity contribution in [2.24, 2.45) is 7.05 Å². The van der Waals surface area contributed by atoms with Crippen LogP contribution in [0, 0.1) is 0 Å². The molecule has 0 aliphatic carbocycles. The third-order valence-electron chi connectivity index (χ3n) is 5.09. The van der Waals surface area contributed by atoms with Crippen LogP contribution >= 0.6 is 24.8 Å². The van der Waals surface area contributed by atoms with Gasteiger partial charge in [-0.25, -0.2) is 9.37 Å². The second-order valence-corrected chi connectivity index (χ2v) is 6.92. The summed E-state index contributed by atoms with van der Waals surface area (Å²) >= 11 is 0. The summed E-state index contributed by atoms with van der Waals surface area (Å²) < 4.78 is 20.6. The first kappa shape index (κ1) is 22.7. The molecule has 2 N–H and O–H groups in total. The SMILES string of the molecule is Cl.Cl.Cn1c(N2CCOCC2)nc2cc(C(=O)NC[C@@H]3C[C@H](F)CN3)ccc21. The van der Waals surface area contributed by atoms with E-state index in [4.69, 9.17) is 9.72 Å². The van der Waals surface area contributed by atoms with Crippen molar-refractivity contribution in [1.29, 1.82) is 0 Å². The van der Waals surface area contributed by atoms with Gasteiger partial charge in [-0.05, 0) is 24.6 Å². The number of aryl methyl sites for hydroxylation is 1. The van der Waals surface area contributed by atoms with Gasteiger partial charge in [0.15, 0.2) is 0 Å². The number of anilines is 1. The number of rotatable bonds is 4. The zero-order chi connectivity index (χ0) is 18.1. The first-order valence-corrected chi connectivity index (χ1v) is 9.06. The lowest BCUT2D eigenvalue weighted by atomic mass is 10.1. The third-order valence-corrected chi connectivity index (χ3v) is 5.09. The fraction of sp³-hybridized carbons (Fsp3) is 0.556. The van der Waals surface area contributed by atoms with Crippen LogP contribution in [-0.2, 0) is 11.8 Å². The Labute approximate surface area is 175 Å². The van der Waals surface area contributed by atoms with Gasteiger partial charge in [-0.1, -0.05) is 0 Å². The van der Waals surface area contributed by atoms with Crippen LogP contribution < -0.4 is 15.5 Å². The maximum absolute atomic E-state index is 13.2. The van der Waals surface area contributed by atoms with Gasteiger partial charge in [0, 0.05) is 44.8 Å². The van der Waals surface area contributed by atoms with Crippen LogP contribution in [0.1, 0.15) is 16.8 Å². The maximum Gasteiger partial charge on any atom is 0.251 e. The minimum Gasteiger partial charge on any atom is -0.378 e. The van der Waals surface area contributed by atoms with E-state index >= 15 is 0 Å². The van der Waals surface area contributed by atoms with Crippen LogP contribution in [0.5, 0.6) is 0 Å². The van der Waals surface area contributed by atoms with Gasteiger partial charge in [0.05, 0.1) is 24.2 Å². The highest BCUT2D eigenvalue weighted by Gasteiger charge is 2.24. The molecule has 2 aliphatic heterocycles. The van der Waals surface area contributed by atoms with Crippen LogP contribution in [0.2, 0.25) is 0 Å². The van der Waals surface area contributed by atoms with Crippen molar-refractivity contribution in [1.82, 2.24) is 20.2 Å². The summed E-state index contributed by atoms with van der Waals surface area (Å²) in [7, 11) is 1.99. The average Bonchev–Trinajstić information content (AvgIpc) is 3.23. The molecule has 1 amide bonds. The summed E-state index contributed by atoms with van der Waals surface area (Å²) in [5.41, 5.74) is 2.35. The predicted octanol–water partition coefficient (Wildman–Crippen LogP) is 1.68. The largest absolute Gasteiger partial charge is 0.378 e. The molecule has 2 aromatic rings. The van der Waals surface area contributed by atoms with Crippen molar-refractivity contribution < 1.29 is 13.9 Å². The van der Waals surface area contributed by atoms with E-state index in [1.807, 2.05) is 29.8 Å². The summed E-state index contributed by atoms with van der Waals surface area (Å²) in [4.78, 5) is 19.3. The van der Waals surface area contributed by atoms with Gasteiger partial charge in [-0.15, -0.1) is 24.8 Å². The van der Waals surface area contributed by atoms with Crippen LogP contribution in [0.4, 0.5) is 10.3 Å². The van der Waals surface area contributed by atoms with Crippen molar-refractivity contribution in [3.8, 4) is 0 Å². The van der Waals surface area contributed by atoms with E-state index in [1.54, 1.807) is 0 Å². The van der Waals surface area contributed by atoms with Gasteiger partial charge in [-0.3, -0.25) is 4.79 Å². The molecule has 2 fully saturated rings. The number of benzene rings is 1. The number of hydrogen-bond acceptors (Lipinski definition) is 5. The number of carbonyl (C=O) groups is 1. The van der Waals surface area contributed by atoms with E-state index < -0.39 is 6.17 Å². The molecule has 2 aliphatic rings. The summed E-state index contributed by atoms with van der Waals surface area (Å²) in [5.74, 6) is 0.736. The van der Waals surface area contributed by atoms with E-state index in [1.165, 1.54) is 0 Å². The standard InChI is InChI=1S/C18H24FN5O2.2ClH/c1-23-16-3-2-12(17(25)21-11-14-9-13(19)10-20-14)8-15(16)22-18(23)24-4-6-26-7-5-24;;/h2-3,8,13-14,20H,4-7,9-11H2,1H3,(H,21,25);2*1H/t13-,14-;;/m0../s1. The lowest BCUT2D eigenvalue weighted by molar-refractivity contribution is 0.0950. The van der Waals surface area contributed by atoms with Gasteiger partial charge in [0.1, 0.15) is 6.17 Å². The average molecular weight is 434 g/mol. The number of morpholine rings is 1. The minimum atomic E-state index is -0.819. The zero-order valence-electron chi connectivity index (χ0n) is 15.7. The number of alkyl halides is 1. The Morgan fingerprint density at radius 3 is 2.79 bits per heavy atom. The van der Waals surface area contributed by atoms with Crippen molar-refractivity contribution in [3.63, 3.8) is 0 Å². The molecule has 10 heteroatoms. The molecule has 0 saturated carbocycles. The Bertz CT molecular complexity index is 813. The number of nitrogens with one attached hydrogen (secondary N) is 2. The molecule has 0 radical (unpaired) electrons. The molecule has 7 nitrogen and oxygen atoms in total. The summed E-state index contributed by atoms with van der Waals surface area (Å²) in [6.07, 6.45) is -0.372. The highest BCUT2D eigenvalue weighted by atomic mass is 35.5. The molecule has 0 unspecified atom stereocenters. The summed E-state index contributed by atoms with van der Waals surface area (Å²) in [5, 5.41) is 5.95. The van der Waals surface area contributed by atoms with E-state index in [0.29, 0.717) is 38.3 Å². The number of hydrogen-bond donors (Lipinski definition) is 2. The number of ether oxygens (including phenoxy) is 1. The molecule has 28 heavy (non-hydrogen) atoms. The Morgan fingerprint density at radius 2 is 2.11 bits per heavy atom. The smallest absolute Gasteiger partial charge is 0.251 e. The number of fused-ring (bicyclic) bond motifs is 1. The normalized spacial score (nSPS) is 21.9. The number of imidazole rings is 1. The molecular weight excluding hydrogens is 408 g/mol. The van der Waals surface area contributed by atoms with Gasteiger partial charge < -0.3 is 24.8 Å². The van der Waals surface area contributed by atoms with Crippen LogP contribution in [0.25, 0.3) is 11.0 Å². The Hall–Kier alpha value is -1.61. The summed E-state index contributed by atoms with van der Waals surface area (Å²) in [6.45, 7) is 3.82. The molecule has 2 atom stereocenters. The number of nitrogens with zero attached hydrogens (tertiary/aromatic N) is 3. The second kappa shape index (κ2) is 9.73. The van der Waals surface area contributed by atoms with Crippen molar-refractivity contribution in [3.05, 3.63) is 23.8 Å². The van der Waals surface area contributed by atoms with E-state index in [-0.39, 0.29) is 36.8 Å². The highest BCUT2D eigenvalue weighted by molar-refractivity contribution is 5.97. The molecule has 1 aromatic carbocycles. The second-order valence-electron chi connectivity index (χ2n) is 6.92. The van der Waals surface area contributed by atoms with E-state index in [9.17, 15) is 9.18 Å². The minimum absolute atomic E-state index is 0. The molecule has 2 saturated heterocycles. The van der Waals surface area contributed by atoms with Crippen molar-refractivity contribution in [2.45, 2.75) is 18.6 Å². The number of aromatic nitrogens is 2. The van der Waals surface area contributed by atoms with Gasteiger partial charge in [0.2, 0.25) is 5.95 Å². The zero-order valence-corrected chi connectivity index (χ0v) is 17.3. The monoisotopic (exact) mass is 433 g/mol. The molecule has 0 bridgehead atoms. The lowest BCUT2D eigenvalue weighted by Gasteiger charge is -2.27. The highest BCUT2D eigenvalue weighted by Crippen LogP contribution is 2.23.